The van der Waals surface area contributed by atoms with Crippen molar-refractivity contribution in [3.8, 4) is 0 Å². The van der Waals surface area contributed by atoms with Gasteiger partial charge in [0.25, 0.3) is 0 Å². The van der Waals surface area contributed by atoms with E-state index in [1.807, 2.05) is 0 Å². The van der Waals surface area contributed by atoms with E-state index in [1.54, 1.807) is 0 Å². The monoisotopic (exact) mass is 460 g/mol. The lowest BCUT2D eigenvalue weighted by Crippen LogP contribution is -2.39. The summed E-state index contributed by atoms with van der Waals surface area (Å²) in [4.78, 5) is 0. The van der Waals surface area contributed by atoms with Gasteiger partial charge in [-0.1, -0.05) is 45.1 Å². The van der Waals surface area contributed by atoms with Crippen LogP contribution >= 0.6 is 0 Å². The van der Waals surface area contributed by atoms with Gasteiger partial charge in [0.2, 0.25) is 0 Å². The molecule has 3 rings (SSSR count). The average molecular weight is 461 g/mol. The van der Waals surface area contributed by atoms with Crippen molar-refractivity contribution in [2.75, 3.05) is 6.61 Å². The van der Waals surface area contributed by atoms with E-state index in [1.165, 1.54) is 31.3 Å². The fraction of sp³-hybridized carbons (Fsp3) is 0.793. The summed E-state index contributed by atoms with van der Waals surface area (Å²) in [5.41, 5.74) is 3.00. The van der Waals surface area contributed by atoms with Gasteiger partial charge in [0.05, 0.1) is 23.9 Å². The maximum Gasteiger partial charge on any atom is 0.0811 e. The molecule has 0 heterocycles. The number of hydrogen-bond donors (Lipinski definition) is 3. The zero-order valence-electron chi connectivity index (χ0n) is 21.5. The second kappa shape index (κ2) is 11.2. The van der Waals surface area contributed by atoms with E-state index in [2.05, 4.69) is 46.4 Å². The Morgan fingerprint density at radius 3 is 2.64 bits per heavy atom. The molecule has 4 heteroatoms. The van der Waals surface area contributed by atoms with Gasteiger partial charge in [-0.3, -0.25) is 0 Å². The Morgan fingerprint density at radius 1 is 1.21 bits per heavy atom. The van der Waals surface area contributed by atoms with Gasteiger partial charge in [-0.15, -0.1) is 0 Å². The van der Waals surface area contributed by atoms with Crippen LogP contribution in [0.5, 0.6) is 0 Å². The second-order valence-electron chi connectivity index (χ2n) is 11.3. The van der Waals surface area contributed by atoms with Gasteiger partial charge in [-0.25, -0.2) is 0 Å². The molecule has 6 atom stereocenters. The average Bonchev–Trinajstić information content (AvgIpc) is 3.15. The lowest BCUT2D eigenvalue weighted by molar-refractivity contribution is -0.0365. The Bertz CT molecular complexity index is 734. The normalized spacial score (nSPS) is 36.4. The molecular formula is C29H48O4. The first kappa shape index (κ1) is 26.7. The van der Waals surface area contributed by atoms with E-state index in [9.17, 15) is 15.3 Å². The fourth-order valence-electron chi connectivity index (χ4n) is 6.91. The van der Waals surface area contributed by atoms with Crippen LogP contribution in [0, 0.1) is 17.3 Å². The molecule has 0 unspecified atom stereocenters. The molecule has 33 heavy (non-hydrogen) atoms. The molecule has 188 valence electrons. The Balaban J connectivity index is 1.62. The van der Waals surface area contributed by atoms with Crippen LogP contribution in [0.2, 0.25) is 0 Å². The highest BCUT2D eigenvalue weighted by Gasteiger charge is 2.51. The molecule has 3 saturated carbocycles. The van der Waals surface area contributed by atoms with Crippen molar-refractivity contribution in [2.45, 2.75) is 122 Å². The summed E-state index contributed by atoms with van der Waals surface area (Å²) in [6, 6.07) is 0. The summed E-state index contributed by atoms with van der Waals surface area (Å²) >= 11 is 0. The first-order chi connectivity index (χ1) is 15.6. The van der Waals surface area contributed by atoms with E-state index in [0.29, 0.717) is 24.7 Å². The topological polar surface area (TPSA) is 69.9 Å². The van der Waals surface area contributed by atoms with E-state index in [-0.39, 0.29) is 11.5 Å². The highest BCUT2D eigenvalue weighted by atomic mass is 16.5. The summed E-state index contributed by atoms with van der Waals surface area (Å²) in [7, 11) is 0. The third-order valence-electron chi connectivity index (χ3n) is 9.35. The van der Waals surface area contributed by atoms with E-state index in [4.69, 9.17) is 4.74 Å². The molecule has 3 N–H and O–H groups in total. The summed E-state index contributed by atoms with van der Waals surface area (Å²) in [5, 5.41) is 30.7. The number of allylic oxidation sites excluding steroid dienone is 3. The number of ether oxygens (including phenoxy) is 1. The lowest BCUT2D eigenvalue weighted by atomic mass is 9.62. The smallest absolute Gasteiger partial charge is 0.0811 e. The van der Waals surface area contributed by atoms with Crippen molar-refractivity contribution in [1.29, 1.82) is 0 Å². The summed E-state index contributed by atoms with van der Waals surface area (Å²) < 4.78 is 6.34. The van der Waals surface area contributed by atoms with Crippen LogP contribution in [-0.2, 0) is 4.74 Å². The maximum absolute atomic E-state index is 10.5. The molecule has 0 bridgehead atoms. The van der Waals surface area contributed by atoms with Crippen molar-refractivity contribution < 1.29 is 20.1 Å². The molecular weight excluding hydrogens is 412 g/mol. The van der Waals surface area contributed by atoms with Gasteiger partial charge in [-0.05, 0) is 99.5 Å². The van der Waals surface area contributed by atoms with Crippen LogP contribution in [0.4, 0.5) is 0 Å². The van der Waals surface area contributed by atoms with Gasteiger partial charge >= 0.3 is 0 Å². The van der Waals surface area contributed by atoms with Gasteiger partial charge in [-0.2, -0.15) is 0 Å². The van der Waals surface area contributed by atoms with Crippen LogP contribution < -0.4 is 0 Å². The maximum atomic E-state index is 10.5. The quantitative estimate of drug-likeness (QED) is 0.377. The predicted molar refractivity (Wildman–Crippen MR) is 135 cm³/mol. The third kappa shape index (κ3) is 6.01. The van der Waals surface area contributed by atoms with Gasteiger partial charge in [0.1, 0.15) is 0 Å². The van der Waals surface area contributed by atoms with Crippen molar-refractivity contribution in [3.63, 3.8) is 0 Å². The first-order valence-corrected chi connectivity index (χ1v) is 13.4. The highest BCUT2D eigenvalue weighted by molar-refractivity contribution is 5.38. The van der Waals surface area contributed by atoms with Crippen LogP contribution in [0.25, 0.3) is 0 Å². The number of aliphatic hydroxyl groups excluding tert-OH is 2. The Kier molecular flexibility index (Phi) is 9.05. The fourth-order valence-corrected chi connectivity index (χ4v) is 6.91. The van der Waals surface area contributed by atoms with Crippen LogP contribution in [0.3, 0.4) is 0 Å². The molecule has 3 fully saturated rings. The zero-order valence-corrected chi connectivity index (χ0v) is 21.5. The van der Waals surface area contributed by atoms with Crippen molar-refractivity contribution in [2.24, 2.45) is 17.3 Å². The minimum Gasteiger partial charge on any atom is -0.393 e. The third-order valence-corrected chi connectivity index (χ3v) is 9.35. The molecule has 3 aliphatic carbocycles. The molecule has 0 saturated heterocycles. The van der Waals surface area contributed by atoms with E-state index in [0.717, 1.165) is 49.9 Å². The minimum absolute atomic E-state index is 0.234. The van der Waals surface area contributed by atoms with E-state index >= 15 is 0 Å². The van der Waals surface area contributed by atoms with Crippen molar-refractivity contribution in [1.82, 2.24) is 0 Å². The summed E-state index contributed by atoms with van der Waals surface area (Å²) in [5.74, 6) is 1.14. The standard InChI is InChI=1S/C29H48O4/c1-6-29(32,7-2)16-9-17-33-21(4)25-13-14-26-22(10-8-15-28(25,26)5)11-12-23-18-24(30)19-27(31)20(23)3/h11-12,21,24-27,30-32H,3,6-10,13-19H2,1-2,4-5H3/b22-11+,23-12-/t21-,24+,25+,26-,27-,28+/m0/s1. The van der Waals surface area contributed by atoms with Crippen molar-refractivity contribution in [3.05, 3.63) is 35.5 Å². The molecule has 0 aromatic heterocycles. The van der Waals surface area contributed by atoms with Crippen molar-refractivity contribution >= 4 is 0 Å². The lowest BCUT2D eigenvalue weighted by Gasteiger charge is -2.44. The first-order valence-electron chi connectivity index (χ1n) is 13.4. The molecule has 0 radical (unpaired) electrons. The second-order valence-corrected chi connectivity index (χ2v) is 11.3. The molecule has 0 amide bonds. The zero-order chi connectivity index (χ0) is 24.2. The van der Waals surface area contributed by atoms with Gasteiger partial charge < -0.3 is 20.1 Å². The predicted octanol–water partition coefficient (Wildman–Crippen LogP) is 5.86. The van der Waals surface area contributed by atoms with Crippen LogP contribution in [0.15, 0.2) is 35.5 Å². The number of hydrogen-bond acceptors (Lipinski definition) is 4. The Labute approximate surface area is 201 Å². The largest absolute Gasteiger partial charge is 0.393 e. The van der Waals surface area contributed by atoms with Crippen LogP contribution in [-0.4, -0.2) is 45.8 Å². The molecule has 0 aliphatic heterocycles. The van der Waals surface area contributed by atoms with Crippen LogP contribution in [0.1, 0.15) is 98.3 Å². The number of aliphatic hydroxyl groups is 3. The highest BCUT2D eigenvalue weighted by Crippen LogP contribution is 2.58. The van der Waals surface area contributed by atoms with E-state index < -0.39 is 17.8 Å². The Hall–Kier alpha value is -0.940. The Morgan fingerprint density at radius 2 is 1.94 bits per heavy atom. The van der Waals surface area contributed by atoms with Gasteiger partial charge in [0.15, 0.2) is 0 Å². The molecule has 0 aromatic carbocycles. The molecule has 0 spiro atoms. The summed E-state index contributed by atoms with van der Waals surface area (Å²) in [6.07, 6.45) is 13.8. The SMILES string of the molecule is C=C1/C(=C\C=C2/CCC[C@]3(C)[C@@H]([C@H](C)OCCCC(O)(CC)CC)CC[C@@H]23)C[C@@H](O)C[C@@H]1O. The molecule has 4 nitrogen and oxygen atoms in total. The molecule has 3 aliphatic rings. The number of rotatable bonds is 9. The summed E-state index contributed by atoms with van der Waals surface area (Å²) in [6.45, 7) is 13.6. The van der Waals surface area contributed by atoms with Gasteiger partial charge in [0, 0.05) is 13.0 Å². The minimum atomic E-state index is -0.630. The number of fused-ring (bicyclic) bond motifs is 1. The molecule has 0 aromatic rings.